The largest absolute Gasteiger partial charge is 0.392 e. The van der Waals surface area contributed by atoms with E-state index in [9.17, 15) is 9.90 Å². The lowest BCUT2D eigenvalue weighted by atomic mass is 10.0. The van der Waals surface area contributed by atoms with Crippen LogP contribution in [0.5, 0.6) is 0 Å². The van der Waals surface area contributed by atoms with Gasteiger partial charge in [0.15, 0.2) is 0 Å². The fourth-order valence-corrected chi connectivity index (χ4v) is 3.77. The van der Waals surface area contributed by atoms with Crippen molar-refractivity contribution in [3.05, 3.63) is 59.7 Å². The van der Waals surface area contributed by atoms with Crippen LogP contribution in [0.25, 0.3) is 0 Å². The molecule has 4 heteroatoms. The highest BCUT2D eigenvalue weighted by Gasteiger charge is 2.29. The van der Waals surface area contributed by atoms with Gasteiger partial charge in [0.2, 0.25) is 5.91 Å². The summed E-state index contributed by atoms with van der Waals surface area (Å²) in [6.07, 6.45) is 2.33. The quantitative estimate of drug-likeness (QED) is 0.924. The maximum Gasteiger partial charge on any atom is 0.245 e. The van der Waals surface area contributed by atoms with Gasteiger partial charge in [0.05, 0.1) is 24.0 Å². The number of β-amino-alcohol motifs (C(OH)–C–C–N with tert-alkyl or cyclic N) is 1. The van der Waals surface area contributed by atoms with Crippen molar-refractivity contribution < 1.29 is 9.90 Å². The Hall–Kier alpha value is -2.17. The standard InChI is InChI=1S/C20H22N2O2/c23-17-11-12-21(13-17)14-20(24)22-18-7-3-1-5-15(18)9-10-16-6-2-4-8-19(16)22/h1-8,17,23H,9-14H2/t17-/m1/s1. The molecule has 2 aromatic carbocycles. The van der Waals surface area contributed by atoms with Gasteiger partial charge in [0, 0.05) is 13.1 Å². The Morgan fingerprint density at radius 3 is 2.12 bits per heavy atom. The summed E-state index contributed by atoms with van der Waals surface area (Å²) in [5.74, 6) is 0.0749. The topological polar surface area (TPSA) is 43.8 Å². The summed E-state index contributed by atoms with van der Waals surface area (Å²) in [7, 11) is 0. The number of nitrogens with zero attached hydrogens (tertiary/aromatic N) is 2. The molecule has 1 N–H and O–H groups in total. The van der Waals surface area contributed by atoms with Gasteiger partial charge in [-0.05, 0) is 42.5 Å². The summed E-state index contributed by atoms with van der Waals surface area (Å²) < 4.78 is 0. The molecule has 24 heavy (non-hydrogen) atoms. The molecule has 2 aromatic rings. The third-order valence-corrected chi connectivity index (χ3v) is 4.98. The number of likely N-dealkylation sites (tertiary alicyclic amines) is 1. The van der Waals surface area contributed by atoms with Gasteiger partial charge in [0.25, 0.3) is 0 Å². The summed E-state index contributed by atoms with van der Waals surface area (Å²) in [5.41, 5.74) is 4.41. The van der Waals surface area contributed by atoms with Crippen molar-refractivity contribution in [3.63, 3.8) is 0 Å². The number of hydrogen-bond acceptors (Lipinski definition) is 3. The molecule has 1 amide bonds. The Morgan fingerprint density at radius 1 is 1.00 bits per heavy atom. The molecule has 2 heterocycles. The number of aliphatic hydroxyl groups excluding tert-OH is 1. The average Bonchev–Trinajstić information content (AvgIpc) is 2.91. The Morgan fingerprint density at radius 2 is 1.58 bits per heavy atom. The van der Waals surface area contributed by atoms with E-state index in [1.807, 2.05) is 46.2 Å². The lowest BCUT2D eigenvalue weighted by Crippen LogP contribution is -2.37. The number of fused-ring (bicyclic) bond motifs is 2. The second-order valence-corrected chi connectivity index (χ2v) is 6.66. The molecule has 0 aromatic heterocycles. The number of carbonyl (C=O) groups excluding carboxylic acids is 1. The molecular formula is C20H22N2O2. The maximum atomic E-state index is 13.1. The van der Waals surface area contributed by atoms with Crippen LogP contribution in [0.2, 0.25) is 0 Å². The smallest absolute Gasteiger partial charge is 0.245 e. The lowest BCUT2D eigenvalue weighted by molar-refractivity contribution is -0.118. The molecule has 0 unspecified atom stereocenters. The third-order valence-electron chi connectivity index (χ3n) is 4.98. The number of aryl methyl sites for hydroxylation is 2. The minimum atomic E-state index is -0.304. The molecule has 0 bridgehead atoms. The molecule has 0 aliphatic carbocycles. The van der Waals surface area contributed by atoms with Crippen LogP contribution >= 0.6 is 0 Å². The fourth-order valence-electron chi connectivity index (χ4n) is 3.77. The van der Waals surface area contributed by atoms with Crippen LogP contribution in [0.1, 0.15) is 17.5 Å². The van der Waals surface area contributed by atoms with Gasteiger partial charge >= 0.3 is 0 Å². The van der Waals surface area contributed by atoms with Crippen LogP contribution < -0.4 is 4.90 Å². The van der Waals surface area contributed by atoms with Crippen LogP contribution in [0.15, 0.2) is 48.5 Å². The van der Waals surface area contributed by atoms with Crippen LogP contribution in [-0.2, 0) is 17.6 Å². The van der Waals surface area contributed by atoms with Crippen molar-refractivity contribution in [1.29, 1.82) is 0 Å². The first-order valence-electron chi connectivity index (χ1n) is 8.61. The summed E-state index contributed by atoms with van der Waals surface area (Å²) in [5, 5.41) is 9.72. The molecule has 0 spiro atoms. The minimum Gasteiger partial charge on any atom is -0.392 e. The third kappa shape index (κ3) is 2.83. The Bertz CT molecular complexity index is 711. The number of para-hydroxylation sites is 2. The fraction of sp³-hybridized carbons (Fsp3) is 0.350. The zero-order valence-corrected chi connectivity index (χ0v) is 13.7. The highest BCUT2D eigenvalue weighted by molar-refractivity contribution is 6.03. The second-order valence-electron chi connectivity index (χ2n) is 6.66. The number of benzene rings is 2. The molecule has 1 atom stereocenters. The van der Waals surface area contributed by atoms with E-state index in [4.69, 9.17) is 0 Å². The van der Waals surface area contributed by atoms with Crippen LogP contribution in [0, 0.1) is 0 Å². The van der Waals surface area contributed by atoms with E-state index in [0.29, 0.717) is 13.1 Å². The van der Waals surface area contributed by atoms with Crippen LogP contribution in [0.4, 0.5) is 11.4 Å². The Balaban J connectivity index is 1.71. The van der Waals surface area contributed by atoms with Gasteiger partial charge < -0.3 is 5.11 Å². The Kier molecular flexibility index (Phi) is 4.08. The highest BCUT2D eigenvalue weighted by atomic mass is 16.3. The van der Waals surface area contributed by atoms with E-state index in [-0.39, 0.29) is 12.0 Å². The molecule has 4 rings (SSSR count). The molecule has 2 aliphatic rings. The summed E-state index contributed by atoms with van der Waals surface area (Å²) >= 11 is 0. The van der Waals surface area contributed by atoms with E-state index >= 15 is 0 Å². The number of hydrogen-bond donors (Lipinski definition) is 1. The van der Waals surface area contributed by atoms with Gasteiger partial charge in [0.1, 0.15) is 0 Å². The first-order valence-corrected chi connectivity index (χ1v) is 8.61. The highest BCUT2D eigenvalue weighted by Crippen LogP contribution is 2.36. The molecule has 4 nitrogen and oxygen atoms in total. The van der Waals surface area contributed by atoms with E-state index in [1.54, 1.807) is 0 Å². The van der Waals surface area contributed by atoms with Crippen molar-refractivity contribution in [2.75, 3.05) is 24.5 Å². The van der Waals surface area contributed by atoms with Gasteiger partial charge in [-0.25, -0.2) is 0 Å². The van der Waals surface area contributed by atoms with Crippen LogP contribution in [-0.4, -0.2) is 41.7 Å². The SMILES string of the molecule is O=C(CN1CC[C@@H](O)C1)N1c2ccccc2CCc2ccccc21. The first kappa shape index (κ1) is 15.4. The first-order chi connectivity index (χ1) is 11.7. The zero-order chi connectivity index (χ0) is 16.5. The van der Waals surface area contributed by atoms with Gasteiger partial charge in [-0.1, -0.05) is 36.4 Å². The van der Waals surface area contributed by atoms with E-state index < -0.39 is 0 Å². The number of anilines is 2. The normalized spacial score (nSPS) is 20.4. The van der Waals surface area contributed by atoms with Crippen molar-refractivity contribution in [3.8, 4) is 0 Å². The minimum absolute atomic E-state index is 0.0749. The van der Waals surface area contributed by atoms with Crippen LogP contribution in [0.3, 0.4) is 0 Å². The number of rotatable bonds is 2. The molecular weight excluding hydrogens is 300 g/mol. The van der Waals surface area contributed by atoms with E-state index in [0.717, 1.165) is 37.2 Å². The maximum absolute atomic E-state index is 13.1. The molecule has 0 radical (unpaired) electrons. The van der Waals surface area contributed by atoms with Crippen molar-refractivity contribution in [1.82, 2.24) is 4.90 Å². The number of carbonyl (C=O) groups is 1. The molecule has 1 saturated heterocycles. The molecule has 1 fully saturated rings. The van der Waals surface area contributed by atoms with Gasteiger partial charge in [-0.2, -0.15) is 0 Å². The number of aliphatic hydroxyl groups is 1. The monoisotopic (exact) mass is 322 g/mol. The zero-order valence-electron chi connectivity index (χ0n) is 13.7. The van der Waals surface area contributed by atoms with E-state index in [1.165, 1.54) is 11.1 Å². The van der Waals surface area contributed by atoms with E-state index in [2.05, 4.69) is 12.1 Å². The van der Waals surface area contributed by atoms with Gasteiger partial charge in [-0.15, -0.1) is 0 Å². The van der Waals surface area contributed by atoms with Crippen molar-refractivity contribution in [2.24, 2.45) is 0 Å². The van der Waals surface area contributed by atoms with Gasteiger partial charge in [-0.3, -0.25) is 14.6 Å². The second kappa shape index (κ2) is 6.38. The summed E-state index contributed by atoms with van der Waals surface area (Å²) in [6, 6.07) is 16.4. The average molecular weight is 322 g/mol. The Labute approximate surface area is 142 Å². The van der Waals surface area contributed by atoms with Crippen molar-refractivity contribution >= 4 is 17.3 Å². The predicted molar refractivity (Wildman–Crippen MR) is 94.5 cm³/mol. The summed E-state index contributed by atoms with van der Waals surface area (Å²) in [4.78, 5) is 17.1. The predicted octanol–water partition coefficient (Wildman–Crippen LogP) is 2.52. The number of amides is 1. The molecule has 124 valence electrons. The molecule has 2 aliphatic heterocycles. The van der Waals surface area contributed by atoms with Crippen molar-refractivity contribution in [2.45, 2.75) is 25.4 Å². The lowest BCUT2D eigenvalue weighted by Gasteiger charge is -2.27. The summed E-state index contributed by atoms with van der Waals surface area (Å²) in [6.45, 7) is 1.71. The molecule has 0 saturated carbocycles.